The highest BCUT2D eigenvalue weighted by Gasteiger charge is 2.17. The van der Waals surface area contributed by atoms with Crippen LogP contribution in [0.25, 0.3) is 0 Å². The van der Waals surface area contributed by atoms with Crippen LogP contribution in [0.15, 0.2) is 29.4 Å². The lowest BCUT2D eigenvalue weighted by Crippen LogP contribution is -2.28. The molecule has 0 aromatic heterocycles. The number of rotatable bonds is 2. The third-order valence-electron chi connectivity index (χ3n) is 2.51. The number of amides is 1. The van der Waals surface area contributed by atoms with Crippen molar-refractivity contribution in [2.45, 2.75) is 19.8 Å². The van der Waals surface area contributed by atoms with E-state index in [1.807, 2.05) is 36.2 Å². The van der Waals surface area contributed by atoms with Crippen molar-refractivity contribution >= 4 is 29.0 Å². The second-order valence-electron chi connectivity index (χ2n) is 3.80. The second-order valence-corrected chi connectivity index (χ2v) is 4.24. The second kappa shape index (κ2) is 5.19. The van der Waals surface area contributed by atoms with Crippen molar-refractivity contribution in [3.05, 3.63) is 29.3 Å². The van der Waals surface area contributed by atoms with E-state index in [1.54, 1.807) is 0 Å². The number of anilines is 1. The number of nitrogens with zero attached hydrogens (tertiary/aromatic N) is 2. The summed E-state index contributed by atoms with van der Waals surface area (Å²) in [4.78, 5) is 11.2. The molecule has 0 saturated carbocycles. The van der Waals surface area contributed by atoms with Crippen LogP contribution in [0.5, 0.6) is 0 Å². The maximum atomic E-state index is 11.2. The summed E-state index contributed by atoms with van der Waals surface area (Å²) in [6, 6.07) is 7.51. The average molecular weight is 252 g/mol. The van der Waals surface area contributed by atoms with E-state index in [0.29, 0.717) is 11.4 Å². The first-order valence-corrected chi connectivity index (χ1v) is 5.97. The van der Waals surface area contributed by atoms with Crippen molar-refractivity contribution in [3.63, 3.8) is 0 Å². The van der Waals surface area contributed by atoms with Gasteiger partial charge in [-0.3, -0.25) is 9.80 Å². The number of amidine groups is 1. The van der Waals surface area contributed by atoms with E-state index in [2.05, 4.69) is 10.4 Å². The molecule has 0 saturated heterocycles. The average Bonchev–Trinajstić information content (AvgIpc) is 2.77. The summed E-state index contributed by atoms with van der Waals surface area (Å²) < 4.78 is 0. The summed E-state index contributed by atoms with van der Waals surface area (Å²) >= 11 is 5.92. The Morgan fingerprint density at radius 1 is 1.59 bits per heavy atom. The van der Waals surface area contributed by atoms with Crippen LogP contribution < -0.4 is 10.3 Å². The Labute approximate surface area is 105 Å². The predicted octanol–water partition coefficient (Wildman–Crippen LogP) is 2.39. The predicted molar refractivity (Wildman–Crippen MR) is 69.3 cm³/mol. The lowest BCUT2D eigenvalue weighted by molar-refractivity contribution is -0.119. The molecule has 0 bridgehead atoms. The van der Waals surface area contributed by atoms with E-state index in [1.165, 1.54) is 0 Å². The number of hydrogen-bond acceptors (Lipinski definition) is 3. The number of halogens is 1. The van der Waals surface area contributed by atoms with Gasteiger partial charge in [0.15, 0.2) is 0 Å². The molecule has 1 heterocycles. The molecule has 17 heavy (non-hydrogen) atoms. The molecular weight excluding hydrogens is 238 g/mol. The van der Waals surface area contributed by atoms with Gasteiger partial charge in [0.1, 0.15) is 5.84 Å². The molecule has 2 rings (SSSR count). The van der Waals surface area contributed by atoms with Gasteiger partial charge in [-0.2, -0.15) is 5.10 Å². The molecule has 0 atom stereocenters. The van der Waals surface area contributed by atoms with Crippen molar-refractivity contribution < 1.29 is 4.79 Å². The number of carbonyl (C=O) groups excluding carboxylic acids is 1. The van der Waals surface area contributed by atoms with E-state index in [0.717, 1.165) is 24.5 Å². The molecule has 1 N–H and O–H groups in total. The van der Waals surface area contributed by atoms with Crippen molar-refractivity contribution in [1.29, 1.82) is 0 Å². The molecule has 1 amide bonds. The first kappa shape index (κ1) is 11.9. The van der Waals surface area contributed by atoms with Crippen molar-refractivity contribution in [1.82, 2.24) is 5.32 Å². The Hall–Kier alpha value is -1.55. The zero-order chi connectivity index (χ0) is 12.3. The van der Waals surface area contributed by atoms with Gasteiger partial charge in [0, 0.05) is 24.4 Å². The number of hydrazone groups is 1. The Kier molecular flexibility index (Phi) is 3.64. The molecule has 0 aliphatic carbocycles. The van der Waals surface area contributed by atoms with E-state index >= 15 is 0 Å². The first-order chi connectivity index (χ1) is 8.19. The highest BCUT2D eigenvalue weighted by atomic mass is 35.5. The fraction of sp³-hybridized carbons (Fsp3) is 0.333. The molecular formula is C12H14ClN3O. The maximum absolute atomic E-state index is 11.2. The molecule has 0 radical (unpaired) electrons. The molecule has 4 nitrogen and oxygen atoms in total. The molecule has 1 aromatic carbocycles. The Balaban J connectivity index is 2.08. The van der Waals surface area contributed by atoms with E-state index in [4.69, 9.17) is 11.6 Å². The number of hydrogen-bond donors (Lipinski definition) is 1. The quantitative estimate of drug-likeness (QED) is 0.877. The molecule has 1 aromatic rings. The van der Waals surface area contributed by atoms with Crippen LogP contribution in [0.2, 0.25) is 5.02 Å². The SMILES string of the molecule is CCC(=O)NC1=NN(c2cccc(Cl)c2)CC1. The van der Waals surface area contributed by atoms with E-state index < -0.39 is 0 Å². The monoisotopic (exact) mass is 251 g/mol. The third kappa shape index (κ3) is 2.97. The van der Waals surface area contributed by atoms with Gasteiger partial charge in [-0.05, 0) is 18.2 Å². The van der Waals surface area contributed by atoms with Crippen LogP contribution in [-0.2, 0) is 4.79 Å². The summed E-state index contributed by atoms with van der Waals surface area (Å²) in [5.41, 5.74) is 0.943. The highest BCUT2D eigenvalue weighted by Crippen LogP contribution is 2.22. The van der Waals surface area contributed by atoms with Gasteiger partial charge >= 0.3 is 0 Å². The number of carbonyl (C=O) groups is 1. The smallest absolute Gasteiger partial charge is 0.225 e. The van der Waals surface area contributed by atoms with Gasteiger partial charge in [0.25, 0.3) is 0 Å². The number of benzene rings is 1. The van der Waals surface area contributed by atoms with Crippen LogP contribution in [0.4, 0.5) is 5.69 Å². The lowest BCUT2D eigenvalue weighted by Gasteiger charge is -2.12. The molecule has 90 valence electrons. The highest BCUT2D eigenvalue weighted by molar-refractivity contribution is 6.30. The van der Waals surface area contributed by atoms with Crippen LogP contribution in [0, 0.1) is 0 Å². The molecule has 0 fully saturated rings. The Morgan fingerprint density at radius 2 is 2.41 bits per heavy atom. The van der Waals surface area contributed by atoms with Gasteiger partial charge < -0.3 is 5.32 Å². The lowest BCUT2D eigenvalue weighted by atomic mass is 10.3. The van der Waals surface area contributed by atoms with Crippen molar-refractivity contribution in [2.75, 3.05) is 11.6 Å². The van der Waals surface area contributed by atoms with Gasteiger partial charge in [0.2, 0.25) is 5.91 Å². The Morgan fingerprint density at radius 3 is 3.12 bits per heavy atom. The van der Waals surface area contributed by atoms with Crippen molar-refractivity contribution in [2.24, 2.45) is 5.10 Å². The summed E-state index contributed by atoms with van der Waals surface area (Å²) in [7, 11) is 0. The maximum Gasteiger partial charge on any atom is 0.225 e. The van der Waals surface area contributed by atoms with Crippen LogP contribution in [-0.4, -0.2) is 18.3 Å². The van der Waals surface area contributed by atoms with E-state index in [-0.39, 0.29) is 5.91 Å². The minimum Gasteiger partial charge on any atom is -0.313 e. The fourth-order valence-electron chi connectivity index (χ4n) is 1.62. The largest absolute Gasteiger partial charge is 0.313 e. The van der Waals surface area contributed by atoms with Gasteiger partial charge in [-0.1, -0.05) is 24.6 Å². The molecule has 1 aliphatic heterocycles. The minimum absolute atomic E-state index is 0.00306. The summed E-state index contributed by atoms with van der Waals surface area (Å²) in [6.45, 7) is 2.58. The summed E-state index contributed by atoms with van der Waals surface area (Å²) in [5.74, 6) is 0.716. The van der Waals surface area contributed by atoms with Crippen LogP contribution >= 0.6 is 11.6 Å². The minimum atomic E-state index is -0.00306. The molecule has 5 heteroatoms. The molecule has 1 aliphatic rings. The molecule has 0 spiro atoms. The normalized spacial score (nSPS) is 14.7. The first-order valence-electron chi connectivity index (χ1n) is 5.59. The fourth-order valence-corrected chi connectivity index (χ4v) is 1.80. The van der Waals surface area contributed by atoms with Gasteiger partial charge in [-0.25, -0.2) is 0 Å². The van der Waals surface area contributed by atoms with Crippen LogP contribution in [0.3, 0.4) is 0 Å². The topological polar surface area (TPSA) is 44.7 Å². The summed E-state index contributed by atoms with van der Waals surface area (Å²) in [6.07, 6.45) is 1.22. The zero-order valence-electron chi connectivity index (χ0n) is 9.61. The summed E-state index contributed by atoms with van der Waals surface area (Å²) in [5, 5.41) is 9.65. The standard InChI is InChI=1S/C12H14ClN3O/c1-2-12(17)14-11-6-7-16(15-11)10-5-3-4-9(13)8-10/h3-5,8H,2,6-7H2,1H3,(H,14,15,17). The van der Waals surface area contributed by atoms with E-state index in [9.17, 15) is 4.79 Å². The van der Waals surface area contributed by atoms with Gasteiger partial charge in [-0.15, -0.1) is 0 Å². The Bertz CT molecular complexity index is 459. The van der Waals surface area contributed by atoms with Crippen LogP contribution in [0.1, 0.15) is 19.8 Å². The number of nitrogens with one attached hydrogen (secondary N) is 1. The molecule has 0 unspecified atom stereocenters. The third-order valence-corrected chi connectivity index (χ3v) is 2.75. The zero-order valence-corrected chi connectivity index (χ0v) is 10.4. The van der Waals surface area contributed by atoms with Gasteiger partial charge in [0.05, 0.1) is 5.69 Å². The van der Waals surface area contributed by atoms with Crippen molar-refractivity contribution in [3.8, 4) is 0 Å².